The first-order valence-corrected chi connectivity index (χ1v) is 5.96. The molecule has 0 aliphatic carbocycles. The minimum Gasteiger partial charge on any atom is -0.480 e. The van der Waals surface area contributed by atoms with E-state index >= 15 is 0 Å². The Morgan fingerprint density at radius 2 is 1.88 bits per heavy atom. The summed E-state index contributed by atoms with van der Waals surface area (Å²) in [7, 11) is 0. The highest BCUT2D eigenvalue weighted by Gasteiger charge is 2.32. The monoisotopic (exact) mass is 244 g/mol. The van der Waals surface area contributed by atoms with Gasteiger partial charge in [-0.1, -0.05) is 34.1 Å². The fraction of sp³-hybridized carbons (Fsp3) is 0.833. The second kappa shape index (κ2) is 6.59. The van der Waals surface area contributed by atoms with E-state index in [2.05, 4.69) is 5.32 Å². The predicted molar refractivity (Wildman–Crippen MR) is 66.5 cm³/mol. The summed E-state index contributed by atoms with van der Waals surface area (Å²) < 4.78 is 0. The van der Waals surface area contributed by atoms with Gasteiger partial charge in [0.2, 0.25) is 5.91 Å². The second-order valence-electron chi connectivity index (χ2n) is 5.46. The molecular weight excluding hydrogens is 220 g/mol. The summed E-state index contributed by atoms with van der Waals surface area (Å²) in [4.78, 5) is 22.7. The molecule has 1 amide bonds. The van der Waals surface area contributed by atoms with Crippen LogP contribution in [-0.4, -0.2) is 29.1 Å². The molecule has 4 N–H and O–H groups in total. The average Bonchev–Trinajstić information content (AvgIpc) is 2.12. The molecule has 0 bridgehead atoms. The lowest BCUT2D eigenvalue weighted by Crippen LogP contribution is -2.50. The summed E-state index contributed by atoms with van der Waals surface area (Å²) in [6, 6.07) is -1.08. The van der Waals surface area contributed by atoms with Crippen LogP contribution in [0, 0.1) is 5.41 Å². The average molecular weight is 244 g/mol. The topological polar surface area (TPSA) is 92.4 Å². The third-order valence-electron chi connectivity index (χ3n) is 2.53. The van der Waals surface area contributed by atoms with Crippen molar-refractivity contribution in [2.24, 2.45) is 11.1 Å². The van der Waals surface area contributed by atoms with Gasteiger partial charge in [0, 0.05) is 12.5 Å². The molecule has 0 radical (unpaired) electrons. The Labute approximate surface area is 103 Å². The minimum absolute atomic E-state index is 0.174. The van der Waals surface area contributed by atoms with E-state index in [0.29, 0.717) is 0 Å². The third-order valence-corrected chi connectivity index (χ3v) is 2.53. The molecule has 0 fully saturated rings. The number of nitrogens with one attached hydrogen (secondary N) is 1. The highest BCUT2D eigenvalue weighted by molar-refractivity contribution is 5.84. The van der Waals surface area contributed by atoms with Crippen LogP contribution in [0.25, 0.3) is 0 Å². The Morgan fingerprint density at radius 3 is 2.24 bits per heavy atom. The van der Waals surface area contributed by atoms with Gasteiger partial charge in [-0.25, -0.2) is 4.79 Å². The molecule has 5 nitrogen and oxygen atoms in total. The molecule has 1 unspecified atom stereocenters. The summed E-state index contributed by atoms with van der Waals surface area (Å²) in [6.07, 6.45) is 1.85. The van der Waals surface area contributed by atoms with Gasteiger partial charge in [0.15, 0.2) is 0 Å². The normalized spacial score (nSPS) is 15.1. The molecule has 0 aliphatic heterocycles. The van der Waals surface area contributed by atoms with E-state index in [1.54, 1.807) is 20.8 Å². The van der Waals surface area contributed by atoms with Gasteiger partial charge in [0.1, 0.15) is 6.04 Å². The lowest BCUT2D eigenvalue weighted by Gasteiger charge is -2.28. The van der Waals surface area contributed by atoms with Gasteiger partial charge in [-0.05, 0) is 11.8 Å². The van der Waals surface area contributed by atoms with Gasteiger partial charge < -0.3 is 16.2 Å². The van der Waals surface area contributed by atoms with Gasteiger partial charge in [0.05, 0.1) is 0 Å². The highest BCUT2D eigenvalue weighted by Crippen LogP contribution is 2.19. The van der Waals surface area contributed by atoms with E-state index in [9.17, 15) is 9.59 Å². The van der Waals surface area contributed by atoms with Crippen molar-refractivity contribution in [3.05, 3.63) is 0 Å². The Bertz CT molecular complexity index is 271. The first kappa shape index (κ1) is 15.9. The Kier molecular flexibility index (Phi) is 6.16. The summed E-state index contributed by atoms with van der Waals surface area (Å²) in [6.45, 7) is 7.32. The summed E-state index contributed by atoms with van der Waals surface area (Å²) in [5.74, 6) is -1.32. The Morgan fingerprint density at radius 1 is 1.35 bits per heavy atom. The van der Waals surface area contributed by atoms with E-state index in [-0.39, 0.29) is 18.4 Å². The SMILES string of the molecule is CCCC(N)CC(=O)N[C@@H](C(=O)O)C(C)(C)C. The number of hydrogen-bond donors (Lipinski definition) is 3. The van der Waals surface area contributed by atoms with Crippen molar-refractivity contribution in [1.29, 1.82) is 0 Å². The fourth-order valence-corrected chi connectivity index (χ4v) is 1.58. The van der Waals surface area contributed by atoms with Crippen LogP contribution in [0.1, 0.15) is 47.0 Å². The van der Waals surface area contributed by atoms with E-state index in [1.807, 2.05) is 6.92 Å². The lowest BCUT2D eigenvalue weighted by atomic mass is 9.86. The maximum absolute atomic E-state index is 11.6. The number of carboxylic acid groups (broad SMARTS) is 1. The van der Waals surface area contributed by atoms with Gasteiger partial charge >= 0.3 is 5.97 Å². The highest BCUT2D eigenvalue weighted by atomic mass is 16.4. The Hall–Kier alpha value is -1.10. The first-order valence-electron chi connectivity index (χ1n) is 5.96. The second-order valence-corrected chi connectivity index (χ2v) is 5.46. The molecular formula is C12H24N2O3. The zero-order valence-corrected chi connectivity index (χ0v) is 11.1. The molecule has 0 aromatic rings. The number of hydrogen-bond acceptors (Lipinski definition) is 3. The van der Waals surface area contributed by atoms with Crippen LogP contribution in [0.4, 0.5) is 0 Å². The molecule has 17 heavy (non-hydrogen) atoms. The number of carbonyl (C=O) groups excluding carboxylic acids is 1. The Balaban J connectivity index is 4.38. The molecule has 0 aromatic carbocycles. The molecule has 0 rings (SSSR count). The van der Waals surface area contributed by atoms with Crippen LogP contribution < -0.4 is 11.1 Å². The molecule has 5 heteroatoms. The summed E-state index contributed by atoms with van der Waals surface area (Å²) in [5.41, 5.74) is 5.22. The van der Waals surface area contributed by atoms with Crippen molar-refractivity contribution in [3.8, 4) is 0 Å². The lowest BCUT2D eigenvalue weighted by molar-refractivity contribution is -0.145. The minimum atomic E-state index is -1.02. The maximum atomic E-state index is 11.6. The van der Waals surface area contributed by atoms with Crippen LogP contribution in [0.5, 0.6) is 0 Å². The number of nitrogens with two attached hydrogens (primary N) is 1. The molecule has 0 aromatic heterocycles. The van der Waals surface area contributed by atoms with Crippen molar-refractivity contribution in [2.45, 2.75) is 59.0 Å². The van der Waals surface area contributed by atoms with Crippen molar-refractivity contribution in [2.75, 3.05) is 0 Å². The van der Waals surface area contributed by atoms with Gasteiger partial charge in [-0.15, -0.1) is 0 Å². The number of rotatable bonds is 6. The standard InChI is InChI=1S/C12H24N2O3/c1-5-6-8(13)7-9(15)14-10(11(16)17)12(2,3)4/h8,10H,5-7,13H2,1-4H3,(H,14,15)(H,16,17)/t8?,10-/m0/s1. The molecule has 0 aliphatic rings. The quantitative estimate of drug-likeness (QED) is 0.652. The van der Waals surface area contributed by atoms with Gasteiger partial charge in [0.25, 0.3) is 0 Å². The molecule has 0 spiro atoms. The third kappa shape index (κ3) is 6.26. The number of aliphatic carboxylic acids is 1. The largest absolute Gasteiger partial charge is 0.480 e. The maximum Gasteiger partial charge on any atom is 0.326 e. The molecule has 0 saturated carbocycles. The van der Waals surface area contributed by atoms with E-state index in [4.69, 9.17) is 10.8 Å². The fourth-order valence-electron chi connectivity index (χ4n) is 1.58. The van der Waals surface area contributed by atoms with Crippen LogP contribution >= 0.6 is 0 Å². The van der Waals surface area contributed by atoms with Crippen LogP contribution in [0.3, 0.4) is 0 Å². The van der Waals surface area contributed by atoms with E-state index in [1.165, 1.54) is 0 Å². The number of carbonyl (C=O) groups is 2. The zero-order chi connectivity index (χ0) is 13.6. The first-order chi connectivity index (χ1) is 7.68. The molecule has 0 saturated heterocycles. The number of amides is 1. The van der Waals surface area contributed by atoms with Crippen molar-refractivity contribution < 1.29 is 14.7 Å². The van der Waals surface area contributed by atoms with Crippen LogP contribution in [0.15, 0.2) is 0 Å². The van der Waals surface area contributed by atoms with Gasteiger partial charge in [-0.3, -0.25) is 4.79 Å². The molecule has 2 atom stereocenters. The van der Waals surface area contributed by atoms with Gasteiger partial charge in [-0.2, -0.15) is 0 Å². The number of carboxylic acids is 1. The summed E-state index contributed by atoms with van der Waals surface area (Å²) >= 11 is 0. The van der Waals surface area contributed by atoms with Crippen LogP contribution in [0.2, 0.25) is 0 Å². The smallest absolute Gasteiger partial charge is 0.326 e. The van der Waals surface area contributed by atoms with E-state index in [0.717, 1.165) is 12.8 Å². The molecule has 100 valence electrons. The molecule has 0 heterocycles. The van der Waals surface area contributed by atoms with E-state index < -0.39 is 17.4 Å². The summed E-state index contributed by atoms with van der Waals surface area (Å²) in [5, 5.41) is 11.6. The zero-order valence-electron chi connectivity index (χ0n) is 11.1. The van der Waals surface area contributed by atoms with Crippen LogP contribution in [-0.2, 0) is 9.59 Å². The predicted octanol–water partition coefficient (Wildman–Crippen LogP) is 1.12. The van der Waals surface area contributed by atoms with Crippen molar-refractivity contribution in [1.82, 2.24) is 5.32 Å². The van der Waals surface area contributed by atoms with Crippen molar-refractivity contribution >= 4 is 11.9 Å². The van der Waals surface area contributed by atoms with Crippen molar-refractivity contribution in [3.63, 3.8) is 0 Å².